The molecule has 3 rings (SSSR count). The summed E-state index contributed by atoms with van der Waals surface area (Å²) in [5, 5.41) is 9.41. The number of amides is 1. The molecule has 1 fully saturated rings. The first-order valence-corrected chi connectivity index (χ1v) is 10.4. The number of methoxy groups -OCH3 is 1. The largest absolute Gasteiger partial charge is 0.493 e. The zero-order chi connectivity index (χ0) is 21.2. The van der Waals surface area contributed by atoms with Crippen LogP contribution in [0.15, 0.2) is 53.5 Å². The van der Waals surface area contributed by atoms with Gasteiger partial charge in [-0.15, -0.1) is 0 Å². The number of guanidine groups is 1. The molecule has 3 N–H and O–H groups in total. The molecule has 0 radical (unpaired) electrons. The van der Waals surface area contributed by atoms with Crippen molar-refractivity contribution in [3.05, 3.63) is 54.1 Å². The zero-order valence-corrected chi connectivity index (χ0v) is 17.6. The number of carbonyl (C=O) groups is 1. The number of carbonyl (C=O) groups excluding carboxylic acids is 1. The molecular weight excluding hydrogens is 380 g/mol. The van der Waals surface area contributed by atoms with E-state index in [0.29, 0.717) is 31.1 Å². The Morgan fingerprint density at radius 1 is 1.00 bits per heavy atom. The van der Waals surface area contributed by atoms with Crippen molar-refractivity contribution in [1.29, 1.82) is 0 Å². The Hall–Kier alpha value is -3.22. The molecule has 0 spiro atoms. The first-order valence-electron chi connectivity index (χ1n) is 10.4. The van der Waals surface area contributed by atoms with Crippen molar-refractivity contribution in [2.24, 2.45) is 10.9 Å². The monoisotopic (exact) mass is 410 g/mol. The normalized spacial score (nSPS) is 13.5. The minimum atomic E-state index is 0.161. The fraction of sp³-hybridized carbons (Fsp3) is 0.391. The summed E-state index contributed by atoms with van der Waals surface area (Å²) in [5.74, 6) is 3.24. The number of nitrogens with zero attached hydrogens (tertiary/aromatic N) is 1. The maximum Gasteiger partial charge on any atom is 0.223 e. The van der Waals surface area contributed by atoms with E-state index in [1.54, 1.807) is 7.11 Å². The van der Waals surface area contributed by atoms with E-state index in [4.69, 9.17) is 9.47 Å². The predicted molar refractivity (Wildman–Crippen MR) is 118 cm³/mol. The maximum atomic E-state index is 11.7. The highest BCUT2D eigenvalue weighted by molar-refractivity contribution is 5.81. The smallest absolute Gasteiger partial charge is 0.223 e. The fourth-order valence-electron chi connectivity index (χ4n) is 2.86. The summed E-state index contributed by atoms with van der Waals surface area (Å²) in [6.45, 7) is 4.56. The summed E-state index contributed by atoms with van der Waals surface area (Å²) in [7, 11) is 1.63. The Balaban J connectivity index is 1.49. The molecule has 0 heterocycles. The molecule has 2 aromatic rings. The molecule has 7 heteroatoms. The van der Waals surface area contributed by atoms with Crippen LogP contribution in [0.3, 0.4) is 0 Å². The van der Waals surface area contributed by atoms with Gasteiger partial charge in [-0.05, 0) is 49.6 Å². The van der Waals surface area contributed by atoms with E-state index >= 15 is 0 Å². The fourth-order valence-corrected chi connectivity index (χ4v) is 2.86. The Morgan fingerprint density at radius 3 is 2.37 bits per heavy atom. The second kappa shape index (κ2) is 11.1. The minimum absolute atomic E-state index is 0.161. The molecular formula is C23H30N4O3. The van der Waals surface area contributed by atoms with Crippen molar-refractivity contribution in [3.8, 4) is 17.2 Å². The Labute approximate surface area is 177 Å². The number of ether oxygens (including phenoxy) is 2. The van der Waals surface area contributed by atoms with E-state index in [2.05, 4.69) is 20.9 Å². The molecule has 1 aliphatic rings. The zero-order valence-electron chi connectivity index (χ0n) is 17.6. The van der Waals surface area contributed by atoms with Crippen molar-refractivity contribution in [2.45, 2.75) is 26.3 Å². The molecule has 0 aliphatic heterocycles. The van der Waals surface area contributed by atoms with Crippen molar-refractivity contribution < 1.29 is 14.3 Å². The average Bonchev–Trinajstić information content (AvgIpc) is 3.62. The lowest BCUT2D eigenvalue weighted by Gasteiger charge is -2.12. The van der Waals surface area contributed by atoms with Crippen LogP contribution in [0.1, 0.15) is 25.3 Å². The van der Waals surface area contributed by atoms with Crippen molar-refractivity contribution in [1.82, 2.24) is 16.0 Å². The van der Waals surface area contributed by atoms with E-state index in [-0.39, 0.29) is 11.8 Å². The number of hydrogen-bond donors (Lipinski definition) is 3. The van der Waals surface area contributed by atoms with Crippen LogP contribution in [0.4, 0.5) is 0 Å². The number of rotatable bonds is 10. The molecule has 1 saturated carbocycles. The van der Waals surface area contributed by atoms with Crippen LogP contribution in [-0.4, -0.2) is 38.6 Å². The van der Waals surface area contributed by atoms with Crippen LogP contribution in [0, 0.1) is 5.92 Å². The number of hydrogen-bond acceptors (Lipinski definition) is 4. The first-order chi connectivity index (χ1) is 14.7. The number of aliphatic imine (C=N–C) groups is 1. The van der Waals surface area contributed by atoms with Crippen molar-refractivity contribution in [3.63, 3.8) is 0 Å². The van der Waals surface area contributed by atoms with Gasteiger partial charge in [-0.25, -0.2) is 4.99 Å². The van der Waals surface area contributed by atoms with Gasteiger partial charge in [-0.2, -0.15) is 0 Å². The van der Waals surface area contributed by atoms with Crippen molar-refractivity contribution in [2.75, 3.05) is 26.7 Å². The van der Waals surface area contributed by atoms with Gasteiger partial charge in [0.25, 0.3) is 0 Å². The molecule has 7 nitrogen and oxygen atoms in total. The summed E-state index contributed by atoms with van der Waals surface area (Å²) < 4.78 is 11.2. The summed E-state index contributed by atoms with van der Waals surface area (Å²) in [5.41, 5.74) is 1.07. The molecule has 160 valence electrons. The average molecular weight is 411 g/mol. The third kappa shape index (κ3) is 6.69. The molecule has 0 saturated heterocycles. The van der Waals surface area contributed by atoms with Crippen LogP contribution < -0.4 is 25.4 Å². The second-order valence-corrected chi connectivity index (χ2v) is 7.08. The Kier molecular flexibility index (Phi) is 7.94. The van der Waals surface area contributed by atoms with Crippen LogP contribution >= 0.6 is 0 Å². The summed E-state index contributed by atoms with van der Waals surface area (Å²) >= 11 is 0. The standard InChI is InChI=1S/C23H30N4O3/c1-3-24-23(26-15-14-25-22(28)18-10-11-18)27-16-17-8-12-19(13-9-17)30-21-7-5-4-6-20(21)29-2/h4-9,12-13,18H,3,10-11,14-16H2,1-2H3,(H,25,28)(H2,24,26,27). The van der Waals surface area contributed by atoms with Gasteiger partial charge in [0.05, 0.1) is 13.7 Å². The van der Waals surface area contributed by atoms with E-state index in [0.717, 1.165) is 36.7 Å². The number of benzene rings is 2. The van der Waals surface area contributed by atoms with Gasteiger partial charge in [-0.1, -0.05) is 24.3 Å². The van der Waals surface area contributed by atoms with E-state index < -0.39 is 0 Å². The lowest BCUT2D eigenvalue weighted by atomic mass is 10.2. The quantitative estimate of drug-likeness (QED) is 0.319. The Bertz CT molecular complexity index is 848. The molecule has 30 heavy (non-hydrogen) atoms. The van der Waals surface area contributed by atoms with Gasteiger partial charge in [0.2, 0.25) is 5.91 Å². The van der Waals surface area contributed by atoms with Gasteiger partial charge in [-0.3, -0.25) is 4.79 Å². The maximum absolute atomic E-state index is 11.7. The molecule has 0 atom stereocenters. The second-order valence-electron chi connectivity index (χ2n) is 7.08. The lowest BCUT2D eigenvalue weighted by molar-refractivity contribution is -0.122. The molecule has 0 aromatic heterocycles. The summed E-state index contributed by atoms with van der Waals surface area (Å²) in [6, 6.07) is 15.4. The van der Waals surface area contributed by atoms with Gasteiger partial charge in [0, 0.05) is 25.6 Å². The minimum Gasteiger partial charge on any atom is -0.493 e. The third-order valence-electron chi connectivity index (χ3n) is 4.65. The Morgan fingerprint density at radius 2 is 1.70 bits per heavy atom. The highest BCUT2D eigenvalue weighted by Crippen LogP contribution is 2.31. The predicted octanol–water partition coefficient (Wildman–Crippen LogP) is 3.07. The van der Waals surface area contributed by atoms with E-state index in [1.165, 1.54) is 0 Å². The molecule has 1 amide bonds. The van der Waals surface area contributed by atoms with Gasteiger partial charge >= 0.3 is 0 Å². The van der Waals surface area contributed by atoms with Crippen LogP contribution in [0.2, 0.25) is 0 Å². The van der Waals surface area contributed by atoms with Crippen LogP contribution in [0.5, 0.6) is 17.2 Å². The van der Waals surface area contributed by atoms with Gasteiger partial charge < -0.3 is 25.4 Å². The number of nitrogens with one attached hydrogen (secondary N) is 3. The highest BCUT2D eigenvalue weighted by atomic mass is 16.5. The molecule has 0 unspecified atom stereocenters. The van der Waals surface area contributed by atoms with Crippen LogP contribution in [-0.2, 0) is 11.3 Å². The molecule has 2 aromatic carbocycles. The van der Waals surface area contributed by atoms with E-state index in [1.807, 2.05) is 55.5 Å². The molecule has 1 aliphatic carbocycles. The van der Waals surface area contributed by atoms with Crippen molar-refractivity contribution >= 4 is 11.9 Å². The highest BCUT2D eigenvalue weighted by Gasteiger charge is 2.28. The topological polar surface area (TPSA) is 84.0 Å². The van der Waals surface area contributed by atoms with Gasteiger partial charge in [0.15, 0.2) is 17.5 Å². The summed E-state index contributed by atoms with van der Waals surface area (Å²) in [6.07, 6.45) is 2.04. The third-order valence-corrected chi connectivity index (χ3v) is 4.65. The summed E-state index contributed by atoms with van der Waals surface area (Å²) in [4.78, 5) is 16.3. The van der Waals surface area contributed by atoms with Crippen LogP contribution in [0.25, 0.3) is 0 Å². The molecule has 0 bridgehead atoms. The SMILES string of the molecule is CCNC(=NCc1ccc(Oc2ccccc2OC)cc1)NCCNC(=O)C1CC1. The lowest BCUT2D eigenvalue weighted by Crippen LogP contribution is -2.41. The first kappa shape index (κ1) is 21.5. The number of para-hydroxylation sites is 2. The van der Waals surface area contributed by atoms with E-state index in [9.17, 15) is 4.79 Å². The van der Waals surface area contributed by atoms with Gasteiger partial charge in [0.1, 0.15) is 5.75 Å².